The average molecular weight is 409 g/mol. The second kappa shape index (κ2) is 7.79. The molecule has 2 aromatic carbocycles. The summed E-state index contributed by atoms with van der Waals surface area (Å²) in [5.74, 6) is 0. The van der Waals surface area contributed by atoms with Crippen LogP contribution in [0.5, 0.6) is 0 Å². The molecule has 140 valence electrons. The van der Waals surface area contributed by atoms with E-state index in [1.807, 2.05) is 29.6 Å². The van der Waals surface area contributed by atoms with E-state index in [0.717, 1.165) is 22.1 Å². The highest BCUT2D eigenvalue weighted by atomic mass is 32.2. The second-order valence-corrected chi connectivity index (χ2v) is 8.44. The Hall–Kier alpha value is -3.23. The number of hydrogen-bond acceptors (Lipinski definition) is 6. The maximum atomic E-state index is 12.4. The van der Waals surface area contributed by atoms with Gasteiger partial charge in [0, 0.05) is 22.8 Å². The van der Waals surface area contributed by atoms with E-state index < -0.39 is 10.0 Å². The molecule has 0 amide bonds. The fraction of sp³-hybridized carbons (Fsp3) is 0. The highest BCUT2D eigenvalue weighted by Gasteiger charge is 2.13. The molecule has 0 atom stereocenters. The van der Waals surface area contributed by atoms with E-state index in [2.05, 4.69) is 20.0 Å². The molecule has 4 aromatic rings. The van der Waals surface area contributed by atoms with Crippen molar-refractivity contribution >= 4 is 37.9 Å². The van der Waals surface area contributed by atoms with E-state index >= 15 is 0 Å². The number of pyridine rings is 1. The lowest BCUT2D eigenvalue weighted by Crippen LogP contribution is -2.12. The molecule has 8 heteroatoms. The number of nitrogens with zero attached hydrogens (tertiary/aromatic N) is 2. The van der Waals surface area contributed by atoms with Crippen molar-refractivity contribution in [3.63, 3.8) is 0 Å². The Morgan fingerprint density at radius 3 is 2.36 bits per heavy atom. The highest BCUT2D eigenvalue weighted by Crippen LogP contribution is 2.28. The van der Waals surface area contributed by atoms with Crippen LogP contribution in [0, 0.1) is 0 Å². The summed E-state index contributed by atoms with van der Waals surface area (Å²) in [7, 11) is -3.60. The van der Waals surface area contributed by atoms with Crippen LogP contribution in [-0.4, -0.2) is 18.4 Å². The molecule has 2 heterocycles. The number of aromatic nitrogens is 2. The van der Waals surface area contributed by atoms with Crippen molar-refractivity contribution in [2.45, 2.75) is 4.90 Å². The molecule has 0 fully saturated rings. The van der Waals surface area contributed by atoms with E-state index in [0.29, 0.717) is 5.69 Å². The third-order valence-corrected chi connectivity index (χ3v) is 6.06. The molecule has 0 aliphatic heterocycles. The van der Waals surface area contributed by atoms with Crippen LogP contribution in [0.4, 0.5) is 16.5 Å². The average Bonchev–Trinajstić information content (AvgIpc) is 3.18. The molecule has 0 saturated heterocycles. The fourth-order valence-corrected chi connectivity index (χ4v) is 4.37. The maximum absolute atomic E-state index is 12.4. The zero-order valence-electron chi connectivity index (χ0n) is 14.6. The number of sulfonamides is 1. The summed E-state index contributed by atoms with van der Waals surface area (Å²) in [6.45, 7) is 0. The third kappa shape index (κ3) is 4.19. The van der Waals surface area contributed by atoms with Crippen LogP contribution < -0.4 is 10.0 Å². The first kappa shape index (κ1) is 18.1. The zero-order chi connectivity index (χ0) is 19.4. The Labute approximate surface area is 167 Å². The summed E-state index contributed by atoms with van der Waals surface area (Å²) in [4.78, 5) is 8.86. The minimum atomic E-state index is -3.60. The molecule has 2 aromatic heterocycles. The minimum absolute atomic E-state index is 0.227. The van der Waals surface area contributed by atoms with Gasteiger partial charge in [-0.15, -0.1) is 11.3 Å². The Balaban J connectivity index is 1.48. The number of anilines is 3. The van der Waals surface area contributed by atoms with Crippen LogP contribution >= 0.6 is 11.3 Å². The molecule has 4 rings (SSSR count). The van der Waals surface area contributed by atoms with E-state index in [-0.39, 0.29) is 4.90 Å². The number of benzene rings is 2. The van der Waals surface area contributed by atoms with Gasteiger partial charge in [0.1, 0.15) is 0 Å². The van der Waals surface area contributed by atoms with Crippen LogP contribution in [-0.2, 0) is 10.0 Å². The first-order chi connectivity index (χ1) is 13.6. The van der Waals surface area contributed by atoms with Gasteiger partial charge in [0.2, 0.25) is 0 Å². The number of hydrogen-bond donors (Lipinski definition) is 2. The van der Waals surface area contributed by atoms with Crippen molar-refractivity contribution in [3.05, 3.63) is 84.5 Å². The van der Waals surface area contributed by atoms with Gasteiger partial charge >= 0.3 is 0 Å². The maximum Gasteiger partial charge on any atom is 0.261 e. The van der Waals surface area contributed by atoms with Crippen LogP contribution in [0.1, 0.15) is 0 Å². The van der Waals surface area contributed by atoms with Crippen molar-refractivity contribution in [2.24, 2.45) is 0 Å². The third-order valence-electron chi connectivity index (χ3n) is 3.90. The summed E-state index contributed by atoms with van der Waals surface area (Å²) in [5, 5.41) is 5.92. The van der Waals surface area contributed by atoms with E-state index in [1.165, 1.54) is 11.3 Å². The first-order valence-electron chi connectivity index (χ1n) is 8.41. The molecule has 28 heavy (non-hydrogen) atoms. The molecular formula is C20H16N4O2S2. The van der Waals surface area contributed by atoms with Crippen molar-refractivity contribution in [1.82, 2.24) is 9.97 Å². The van der Waals surface area contributed by atoms with Gasteiger partial charge in [-0.05, 0) is 36.4 Å². The minimum Gasteiger partial charge on any atom is -0.330 e. The van der Waals surface area contributed by atoms with E-state index in [4.69, 9.17) is 0 Å². The van der Waals surface area contributed by atoms with Gasteiger partial charge < -0.3 is 5.32 Å². The van der Waals surface area contributed by atoms with Gasteiger partial charge in [-0.25, -0.2) is 13.4 Å². The molecule has 0 saturated carbocycles. The van der Waals surface area contributed by atoms with Gasteiger partial charge in [0.25, 0.3) is 10.0 Å². The SMILES string of the molecule is O=S(=O)(Nc1ccc(-c2csc(Nc3cccnc3)n2)cc1)c1ccccc1. The van der Waals surface area contributed by atoms with Crippen LogP contribution in [0.2, 0.25) is 0 Å². The number of rotatable bonds is 6. The largest absolute Gasteiger partial charge is 0.330 e. The van der Waals surface area contributed by atoms with E-state index in [1.54, 1.807) is 54.9 Å². The second-order valence-electron chi connectivity index (χ2n) is 5.90. The van der Waals surface area contributed by atoms with Crippen LogP contribution in [0.15, 0.2) is 89.4 Å². The predicted molar refractivity (Wildman–Crippen MR) is 112 cm³/mol. The lowest BCUT2D eigenvalue weighted by molar-refractivity contribution is 0.601. The molecular weight excluding hydrogens is 392 g/mol. The number of thiazole rings is 1. The summed E-state index contributed by atoms with van der Waals surface area (Å²) in [5.41, 5.74) is 3.08. The normalized spacial score (nSPS) is 11.1. The molecule has 0 aliphatic carbocycles. The first-order valence-corrected chi connectivity index (χ1v) is 10.8. The predicted octanol–water partition coefficient (Wildman–Crippen LogP) is 4.75. The van der Waals surface area contributed by atoms with Crippen molar-refractivity contribution in [2.75, 3.05) is 10.0 Å². The topological polar surface area (TPSA) is 84.0 Å². The van der Waals surface area contributed by atoms with Crippen molar-refractivity contribution in [3.8, 4) is 11.3 Å². The van der Waals surface area contributed by atoms with Gasteiger partial charge in [-0.1, -0.05) is 30.3 Å². The zero-order valence-corrected chi connectivity index (χ0v) is 16.2. The number of nitrogens with one attached hydrogen (secondary N) is 2. The monoisotopic (exact) mass is 408 g/mol. The Kier molecular flexibility index (Phi) is 5.05. The molecule has 0 spiro atoms. The molecule has 2 N–H and O–H groups in total. The molecule has 0 bridgehead atoms. The lowest BCUT2D eigenvalue weighted by Gasteiger charge is -2.08. The molecule has 0 unspecified atom stereocenters. The standard InChI is InChI=1S/C20H16N4O2S2/c25-28(26,18-6-2-1-3-7-18)24-16-10-8-15(9-11-16)19-14-27-20(23-19)22-17-5-4-12-21-13-17/h1-14,24H,(H,22,23). The Morgan fingerprint density at radius 2 is 1.64 bits per heavy atom. The van der Waals surface area contributed by atoms with E-state index in [9.17, 15) is 8.42 Å². The molecule has 0 radical (unpaired) electrons. The van der Waals surface area contributed by atoms with Gasteiger partial charge in [-0.2, -0.15) is 0 Å². The smallest absolute Gasteiger partial charge is 0.261 e. The highest BCUT2D eigenvalue weighted by molar-refractivity contribution is 7.92. The van der Waals surface area contributed by atoms with Gasteiger partial charge in [-0.3, -0.25) is 9.71 Å². The Morgan fingerprint density at radius 1 is 0.857 bits per heavy atom. The summed E-state index contributed by atoms with van der Waals surface area (Å²) in [6.07, 6.45) is 3.45. The summed E-state index contributed by atoms with van der Waals surface area (Å²) < 4.78 is 27.4. The van der Waals surface area contributed by atoms with Crippen molar-refractivity contribution in [1.29, 1.82) is 0 Å². The molecule has 6 nitrogen and oxygen atoms in total. The Bertz CT molecular complexity index is 1160. The van der Waals surface area contributed by atoms with Crippen LogP contribution in [0.3, 0.4) is 0 Å². The quantitative estimate of drug-likeness (QED) is 0.481. The lowest BCUT2D eigenvalue weighted by atomic mass is 10.1. The van der Waals surface area contributed by atoms with Gasteiger partial charge in [0.05, 0.1) is 22.5 Å². The summed E-state index contributed by atoms with van der Waals surface area (Å²) in [6, 6.07) is 19.2. The molecule has 0 aliphatic rings. The summed E-state index contributed by atoms with van der Waals surface area (Å²) >= 11 is 1.49. The van der Waals surface area contributed by atoms with Gasteiger partial charge in [0.15, 0.2) is 5.13 Å². The fourth-order valence-electron chi connectivity index (χ4n) is 2.55. The van der Waals surface area contributed by atoms with Crippen LogP contribution in [0.25, 0.3) is 11.3 Å². The van der Waals surface area contributed by atoms with Crippen molar-refractivity contribution < 1.29 is 8.42 Å².